The van der Waals surface area contributed by atoms with Crippen LogP contribution in [-0.4, -0.2) is 54.3 Å². The van der Waals surface area contributed by atoms with Gasteiger partial charge in [0.1, 0.15) is 5.75 Å². The highest BCUT2D eigenvalue weighted by molar-refractivity contribution is 8.15. The lowest BCUT2D eigenvalue weighted by Gasteiger charge is -2.24. The van der Waals surface area contributed by atoms with Crippen LogP contribution < -0.4 is 4.74 Å². The van der Waals surface area contributed by atoms with E-state index in [0.717, 1.165) is 11.3 Å². The number of nitrogens with zero attached hydrogens (tertiary/aromatic N) is 2. The number of amides is 1. The maximum absolute atomic E-state index is 11.9. The summed E-state index contributed by atoms with van der Waals surface area (Å²) in [6.07, 6.45) is 0. The van der Waals surface area contributed by atoms with E-state index in [2.05, 4.69) is 4.99 Å². The zero-order chi connectivity index (χ0) is 16.6. The van der Waals surface area contributed by atoms with E-state index in [1.165, 1.54) is 18.7 Å². The van der Waals surface area contributed by atoms with E-state index in [9.17, 15) is 13.2 Å². The molecule has 1 aromatic carbocycles. The number of benzene rings is 1. The molecular weight excluding hydrogens is 336 g/mol. The van der Waals surface area contributed by atoms with E-state index in [1.54, 1.807) is 7.11 Å². The van der Waals surface area contributed by atoms with Crippen molar-refractivity contribution in [2.75, 3.05) is 18.6 Å². The molecule has 2 fully saturated rings. The van der Waals surface area contributed by atoms with Crippen molar-refractivity contribution in [3.8, 4) is 5.75 Å². The molecule has 0 bridgehead atoms. The number of methoxy groups -OCH3 is 1. The maximum atomic E-state index is 11.9. The Kier molecular flexibility index (Phi) is 4.37. The average Bonchev–Trinajstić information content (AvgIpc) is 2.92. The highest BCUT2D eigenvalue weighted by Gasteiger charge is 2.48. The number of aliphatic imine (C=N–C) groups is 1. The van der Waals surface area contributed by atoms with Crippen LogP contribution in [0.15, 0.2) is 29.3 Å². The first-order chi connectivity index (χ1) is 10.9. The molecule has 2 heterocycles. The second-order valence-electron chi connectivity index (χ2n) is 5.69. The summed E-state index contributed by atoms with van der Waals surface area (Å²) < 4.78 is 29.0. The van der Waals surface area contributed by atoms with Crippen molar-refractivity contribution in [3.05, 3.63) is 29.8 Å². The number of hydrogen-bond donors (Lipinski definition) is 0. The molecular formula is C15H18N2O4S2. The van der Waals surface area contributed by atoms with Crippen LogP contribution in [0.5, 0.6) is 5.75 Å². The van der Waals surface area contributed by atoms with Crippen molar-refractivity contribution >= 4 is 32.7 Å². The SMILES string of the molecule is COc1cccc(CN2C(=NC(C)=O)S[C@H]3CS(=O)(=O)C[C@@H]32)c1. The van der Waals surface area contributed by atoms with Crippen LogP contribution in [0.25, 0.3) is 0 Å². The quantitative estimate of drug-likeness (QED) is 0.815. The average molecular weight is 354 g/mol. The first-order valence-electron chi connectivity index (χ1n) is 7.24. The van der Waals surface area contributed by atoms with Crippen LogP contribution in [0.4, 0.5) is 0 Å². The Morgan fingerprint density at radius 2 is 2.22 bits per heavy atom. The van der Waals surface area contributed by atoms with E-state index < -0.39 is 9.84 Å². The Hall–Kier alpha value is -1.54. The number of hydrogen-bond acceptors (Lipinski definition) is 5. The number of amidine groups is 1. The Morgan fingerprint density at radius 1 is 1.43 bits per heavy atom. The molecule has 0 radical (unpaired) electrons. The summed E-state index contributed by atoms with van der Waals surface area (Å²) in [5.74, 6) is 0.736. The number of thioether (sulfide) groups is 1. The zero-order valence-corrected chi connectivity index (χ0v) is 14.6. The minimum atomic E-state index is -3.02. The van der Waals surface area contributed by atoms with E-state index in [1.807, 2.05) is 29.2 Å². The summed E-state index contributed by atoms with van der Waals surface area (Å²) in [5.41, 5.74) is 0.992. The highest BCUT2D eigenvalue weighted by Crippen LogP contribution is 2.39. The Bertz CT molecular complexity index is 760. The van der Waals surface area contributed by atoms with Gasteiger partial charge in [-0.05, 0) is 17.7 Å². The van der Waals surface area contributed by atoms with Gasteiger partial charge in [-0.2, -0.15) is 4.99 Å². The molecule has 2 saturated heterocycles. The predicted octanol–water partition coefficient (Wildman–Crippen LogP) is 1.31. The smallest absolute Gasteiger partial charge is 0.244 e. The van der Waals surface area contributed by atoms with Crippen molar-refractivity contribution in [1.29, 1.82) is 0 Å². The Balaban J connectivity index is 1.89. The van der Waals surface area contributed by atoms with Crippen molar-refractivity contribution in [3.63, 3.8) is 0 Å². The van der Waals surface area contributed by atoms with Gasteiger partial charge in [0.25, 0.3) is 0 Å². The molecule has 1 amide bonds. The lowest BCUT2D eigenvalue weighted by atomic mass is 10.1. The molecule has 6 nitrogen and oxygen atoms in total. The molecule has 0 N–H and O–H groups in total. The molecule has 3 rings (SSSR count). The van der Waals surface area contributed by atoms with E-state index in [0.29, 0.717) is 11.7 Å². The molecule has 0 aliphatic carbocycles. The number of ether oxygens (including phenoxy) is 1. The van der Waals surface area contributed by atoms with Crippen LogP contribution in [-0.2, 0) is 21.2 Å². The van der Waals surface area contributed by atoms with Gasteiger partial charge in [0, 0.05) is 18.7 Å². The summed E-state index contributed by atoms with van der Waals surface area (Å²) in [7, 11) is -1.42. The molecule has 1 aromatic rings. The third-order valence-corrected chi connectivity index (χ3v) is 7.16. The van der Waals surface area contributed by atoms with Crippen molar-refractivity contribution < 1.29 is 17.9 Å². The third-order valence-electron chi connectivity index (χ3n) is 3.92. The molecule has 124 valence electrons. The number of sulfone groups is 1. The van der Waals surface area contributed by atoms with Crippen LogP contribution in [0.3, 0.4) is 0 Å². The van der Waals surface area contributed by atoms with Gasteiger partial charge in [-0.15, -0.1) is 0 Å². The van der Waals surface area contributed by atoms with Gasteiger partial charge in [-0.1, -0.05) is 23.9 Å². The maximum Gasteiger partial charge on any atom is 0.244 e. The largest absolute Gasteiger partial charge is 0.497 e. The van der Waals surface area contributed by atoms with Gasteiger partial charge in [-0.3, -0.25) is 4.79 Å². The molecule has 0 aromatic heterocycles. The van der Waals surface area contributed by atoms with Crippen LogP contribution in [0.2, 0.25) is 0 Å². The van der Waals surface area contributed by atoms with Crippen LogP contribution in [0.1, 0.15) is 12.5 Å². The van der Waals surface area contributed by atoms with E-state index in [-0.39, 0.29) is 28.7 Å². The summed E-state index contributed by atoms with van der Waals surface area (Å²) in [6.45, 7) is 1.91. The molecule has 0 unspecified atom stereocenters. The first kappa shape index (κ1) is 16.3. The zero-order valence-electron chi connectivity index (χ0n) is 12.9. The van der Waals surface area contributed by atoms with Crippen molar-refractivity contribution in [2.45, 2.75) is 24.8 Å². The van der Waals surface area contributed by atoms with Crippen molar-refractivity contribution in [2.24, 2.45) is 4.99 Å². The number of carbonyl (C=O) groups is 1. The molecule has 2 atom stereocenters. The number of fused-ring (bicyclic) bond motifs is 1. The number of rotatable bonds is 3. The van der Waals surface area contributed by atoms with Crippen molar-refractivity contribution in [1.82, 2.24) is 4.90 Å². The number of carbonyl (C=O) groups excluding carboxylic acids is 1. The van der Waals surface area contributed by atoms with Gasteiger partial charge in [0.15, 0.2) is 15.0 Å². The summed E-state index contributed by atoms with van der Waals surface area (Å²) in [4.78, 5) is 17.4. The molecule has 0 spiro atoms. The fourth-order valence-corrected chi connectivity index (χ4v) is 6.92. The molecule has 2 aliphatic rings. The summed E-state index contributed by atoms with van der Waals surface area (Å²) in [6, 6.07) is 7.48. The summed E-state index contributed by atoms with van der Waals surface area (Å²) >= 11 is 1.39. The second-order valence-corrected chi connectivity index (χ2v) is 9.05. The highest BCUT2D eigenvalue weighted by atomic mass is 32.2. The second kappa shape index (κ2) is 6.16. The summed E-state index contributed by atoms with van der Waals surface area (Å²) in [5, 5.41) is 0.564. The standard InChI is InChI=1S/C15H18N2O4S2/c1-10(18)16-15-17(7-11-4-3-5-12(6-11)21-2)13-8-23(19,20)9-14(13)22-15/h3-6,13-14H,7-9H2,1-2H3/t13-,14-/m0/s1. The Labute approximate surface area is 139 Å². The van der Waals surface area contributed by atoms with Gasteiger partial charge in [0.05, 0.1) is 24.7 Å². The minimum absolute atomic E-state index is 0.0521. The third kappa shape index (κ3) is 3.53. The normalized spacial score (nSPS) is 27.2. The molecule has 0 saturated carbocycles. The fraction of sp³-hybridized carbons (Fsp3) is 0.467. The predicted molar refractivity (Wildman–Crippen MR) is 90.5 cm³/mol. The van der Waals surface area contributed by atoms with Crippen LogP contribution in [0, 0.1) is 0 Å². The monoisotopic (exact) mass is 354 g/mol. The van der Waals surface area contributed by atoms with Gasteiger partial charge in [-0.25, -0.2) is 8.42 Å². The first-order valence-corrected chi connectivity index (χ1v) is 9.94. The van der Waals surface area contributed by atoms with Gasteiger partial charge >= 0.3 is 0 Å². The lowest BCUT2D eigenvalue weighted by Crippen LogP contribution is -2.37. The lowest BCUT2D eigenvalue weighted by molar-refractivity contribution is -0.115. The van der Waals surface area contributed by atoms with E-state index >= 15 is 0 Å². The van der Waals surface area contributed by atoms with E-state index in [4.69, 9.17) is 4.74 Å². The van der Waals surface area contributed by atoms with Crippen LogP contribution >= 0.6 is 11.8 Å². The topological polar surface area (TPSA) is 76.0 Å². The van der Waals surface area contributed by atoms with Gasteiger partial charge < -0.3 is 9.64 Å². The molecule has 2 aliphatic heterocycles. The van der Waals surface area contributed by atoms with Gasteiger partial charge in [0.2, 0.25) is 5.91 Å². The fourth-order valence-electron chi connectivity index (χ4n) is 2.92. The minimum Gasteiger partial charge on any atom is -0.497 e. The molecule has 23 heavy (non-hydrogen) atoms. The Morgan fingerprint density at radius 3 is 2.91 bits per heavy atom. The molecule has 8 heteroatoms.